The molecule has 1 unspecified atom stereocenters. The Morgan fingerprint density at radius 2 is 1.93 bits per heavy atom. The van der Waals surface area contributed by atoms with Gasteiger partial charge in [0.15, 0.2) is 0 Å². The van der Waals surface area contributed by atoms with Crippen molar-refractivity contribution in [1.29, 1.82) is 0 Å². The molecule has 0 saturated carbocycles. The van der Waals surface area contributed by atoms with Crippen molar-refractivity contribution in [2.45, 2.75) is 19.4 Å². The second kappa shape index (κ2) is 10.4. The van der Waals surface area contributed by atoms with Gasteiger partial charge in [0.05, 0.1) is 12.7 Å². The molecule has 2 fully saturated rings. The van der Waals surface area contributed by atoms with Gasteiger partial charge in [0.1, 0.15) is 0 Å². The summed E-state index contributed by atoms with van der Waals surface area (Å²) in [4.78, 5) is 31.1. The van der Waals surface area contributed by atoms with Crippen LogP contribution in [0.4, 0.5) is 4.79 Å². The first kappa shape index (κ1) is 21.3. The van der Waals surface area contributed by atoms with Crippen LogP contribution in [0.5, 0.6) is 0 Å². The summed E-state index contributed by atoms with van der Waals surface area (Å²) >= 11 is 0. The zero-order valence-corrected chi connectivity index (χ0v) is 17.3. The normalized spacial score (nSPS) is 20.8. The second-order valence-corrected chi connectivity index (χ2v) is 7.73. The highest BCUT2D eigenvalue weighted by molar-refractivity contribution is 5.94. The fourth-order valence-electron chi connectivity index (χ4n) is 3.81. The molecular weight excluding hydrogens is 368 g/mol. The van der Waals surface area contributed by atoms with Crippen molar-refractivity contribution in [3.05, 3.63) is 48.0 Å². The van der Waals surface area contributed by atoms with Crippen LogP contribution in [0.3, 0.4) is 0 Å². The molecule has 2 aliphatic heterocycles. The minimum Gasteiger partial charge on any atom is -0.373 e. The summed E-state index contributed by atoms with van der Waals surface area (Å²) in [7, 11) is 0. The Morgan fingerprint density at radius 3 is 2.69 bits per heavy atom. The largest absolute Gasteiger partial charge is 0.373 e. The van der Waals surface area contributed by atoms with E-state index in [0.29, 0.717) is 32.8 Å². The molecule has 3 amide bonds. The van der Waals surface area contributed by atoms with E-state index in [1.807, 2.05) is 41.0 Å². The number of rotatable bonds is 5. The summed E-state index contributed by atoms with van der Waals surface area (Å²) in [6, 6.07) is 7.71. The van der Waals surface area contributed by atoms with Crippen LogP contribution in [0.1, 0.15) is 22.3 Å². The molecule has 1 aromatic rings. The summed E-state index contributed by atoms with van der Waals surface area (Å²) in [5, 5.41) is 2.83. The molecule has 1 atom stereocenters. The molecule has 0 aliphatic carbocycles. The fourth-order valence-corrected chi connectivity index (χ4v) is 3.81. The van der Waals surface area contributed by atoms with E-state index in [4.69, 9.17) is 4.74 Å². The van der Waals surface area contributed by atoms with Crippen molar-refractivity contribution in [2.24, 2.45) is 0 Å². The van der Waals surface area contributed by atoms with E-state index in [0.717, 1.165) is 43.7 Å². The Bertz CT molecular complexity index is 707. The molecule has 0 bridgehead atoms. The molecule has 2 aliphatic rings. The number of benzene rings is 1. The van der Waals surface area contributed by atoms with Gasteiger partial charge in [0.2, 0.25) is 0 Å². The SMILES string of the molecule is C=CCNC(=O)N1CCOC(CN2CCCN(C(=O)c3ccc(C)cc3)CC2)C1. The van der Waals surface area contributed by atoms with Crippen molar-refractivity contribution in [3.8, 4) is 0 Å². The van der Waals surface area contributed by atoms with Gasteiger partial charge in [-0.1, -0.05) is 23.8 Å². The number of nitrogens with zero attached hydrogens (tertiary/aromatic N) is 3. The minimum atomic E-state index is -0.0658. The predicted molar refractivity (Wildman–Crippen MR) is 113 cm³/mol. The lowest BCUT2D eigenvalue weighted by Gasteiger charge is -2.35. The predicted octanol–water partition coefficient (Wildman–Crippen LogP) is 1.74. The number of morpholine rings is 1. The number of carbonyl (C=O) groups excluding carboxylic acids is 2. The van der Waals surface area contributed by atoms with Gasteiger partial charge in [-0.25, -0.2) is 4.79 Å². The van der Waals surface area contributed by atoms with Gasteiger partial charge in [-0.05, 0) is 32.0 Å². The Morgan fingerprint density at radius 1 is 1.14 bits per heavy atom. The number of aryl methyl sites for hydroxylation is 1. The molecule has 29 heavy (non-hydrogen) atoms. The van der Waals surface area contributed by atoms with E-state index in [9.17, 15) is 9.59 Å². The van der Waals surface area contributed by atoms with Gasteiger partial charge in [0, 0.05) is 51.4 Å². The van der Waals surface area contributed by atoms with Crippen LogP contribution in [0.15, 0.2) is 36.9 Å². The summed E-state index contributed by atoms with van der Waals surface area (Å²) < 4.78 is 5.90. The summed E-state index contributed by atoms with van der Waals surface area (Å²) in [6.45, 7) is 11.9. The van der Waals surface area contributed by atoms with E-state index in [1.165, 1.54) is 0 Å². The van der Waals surface area contributed by atoms with Gasteiger partial charge < -0.3 is 19.9 Å². The first-order chi connectivity index (χ1) is 14.1. The van der Waals surface area contributed by atoms with Gasteiger partial charge in [-0.3, -0.25) is 9.69 Å². The number of amides is 3. The highest BCUT2D eigenvalue weighted by atomic mass is 16.5. The fraction of sp³-hybridized carbons (Fsp3) is 0.545. The van der Waals surface area contributed by atoms with Gasteiger partial charge in [0.25, 0.3) is 5.91 Å². The quantitative estimate of drug-likeness (QED) is 0.765. The monoisotopic (exact) mass is 400 g/mol. The molecule has 0 spiro atoms. The van der Waals surface area contributed by atoms with E-state index in [2.05, 4.69) is 16.8 Å². The molecule has 158 valence electrons. The van der Waals surface area contributed by atoms with Crippen molar-refractivity contribution in [1.82, 2.24) is 20.0 Å². The van der Waals surface area contributed by atoms with Gasteiger partial charge >= 0.3 is 6.03 Å². The highest BCUT2D eigenvalue weighted by Gasteiger charge is 2.27. The maximum atomic E-state index is 12.8. The molecule has 7 nitrogen and oxygen atoms in total. The lowest BCUT2D eigenvalue weighted by atomic mass is 10.1. The Hall–Kier alpha value is -2.38. The standard InChI is InChI=1S/C22H32N4O3/c1-3-9-23-22(28)26-14-15-29-20(17-26)16-24-10-4-11-25(13-12-24)21(27)19-7-5-18(2)6-8-19/h3,5-8,20H,1,4,9-17H2,2H3,(H,23,28). The number of ether oxygens (including phenoxy) is 1. The van der Waals surface area contributed by atoms with E-state index in [-0.39, 0.29) is 18.0 Å². The Balaban J connectivity index is 1.49. The first-order valence-electron chi connectivity index (χ1n) is 10.4. The van der Waals surface area contributed by atoms with Gasteiger partial charge in [-0.15, -0.1) is 6.58 Å². The van der Waals surface area contributed by atoms with E-state index >= 15 is 0 Å². The first-order valence-corrected chi connectivity index (χ1v) is 10.4. The highest BCUT2D eigenvalue weighted by Crippen LogP contribution is 2.13. The maximum Gasteiger partial charge on any atom is 0.317 e. The second-order valence-electron chi connectivity index (χ2n) is 7.73. The molecule has 1 aromatic carbocycles. The van der Waals surface area contributed by atoms with Crippen molar-refractivity contribution < 1.29 is 14.3 Å². The number of carbonyl (C=O) groups is 2. The van der Waals surface area contributed by atoms with Crippen molar-refractivity contribution in [2.75, 3.05) is 59.0 Å². The maximum absolute atomic E-state index is 12.8. The third kappa shape index (κ3) is 6.05. The topological polar surface area (TPSA) is 65.1 Å². The van der Waals surface area contributed by atoms with Crippen LogP contribution in [-0.4, -0.2) is 91.7 Å². The van der Waals surface area contributed by atoms with Crippen LogP contribution in [-0.2, 0) is 4.74 Å². The van der Waals surface area contributed by atoms with Crippen LogP contribution in [0.25, 0.3) is 0 Å². The molecule has 1 N–H and O–H groups in total. The van der Waals surface area contributed by atoms with Crippen LogP contribution >= 0.6 is 0 Å². The number of nitrogens with one attached hydrogen (secondary N) is 1. The van der Waals surface area contributed by atoms with Gasteiger partial charge in [-0.2, -0.15) is 0 Å². The third-order valence-corrected chi connectivity index (χ3v) is 5.46. The molecular formula is C22H32N4O3. The zero-order chi connectivity index (χ0) is 20.6. The Labute approximate surface area is 173 Å². The van der Waals surface area contributed by atoms with Crippen molar-refractivity contribution in [3.63, 3.8) is 0 Å². The lowest BCUT2D eigenvalue weighted by Crippen LogP contribution is -2.52. The molecule has 3 rings (SSSR count). The van der Waals surface area contributed by atoms with E-state index < -0.39 is 0 Å². The minimum absolute atomic E-state index is 0.00224. The third-order valence-electron chi connectivity index (χ3n) is 5.46. The molecule has 0 aromatic heterocycles. The average Bonchev–Trinajstić information content (AvgIpc) is 2.98. The summed E-state index contributed by atoms with van der Waals surface area (Å²) in [5.74, 6) is 0.103. The number of urea groups is 1. The Kier molecular flexibility index (Phi) is 7.66. The number of hydrogen-bond acceptors (Lipinski definition) is 4. The smallest absolute Gasteiger partial charge is 0.317 e. The molecule has 2 heterocycles. The lowest BCUT2D eigenvalue weighted by molar-refractivity contribution is -0.0298. The molecule has 2 saturated heterocycles. The zero-order valence-electron chi connectivity index (χ0n) is 17.3. The average molecular weight is 401 g/mol. The summed E-state index contributed by atoms with van der Waals surface area (Å²) in [6.07, 6.45) is 2.61. The number of hydrogen-bond donors (Lipinski definition) is 1. The van der Waals surface area contributed by atoms with Crippen LogP contribution in [0, 0.1) is 6.92 Å². The van der Waals surface area contributed by atoms with Crippen LogP contribution in [0.2, 0.25) is 0 Å². The molecule has 0 radical (unpaired) electrons. The van der Waals surface area contributed by atoms with E-state index in [1.54, 1.807) is 6.08 Å². The summed E-state index contributed by atoms with van der Waals surface area (Å²) in [5.41, 5.74) is 1.91. The molecule has 7 heteroatoms. The van der Waals surface area contributed by atoms with Crippen LogP contribution < -0.4 is 5.32 Å². The van der Waals surface area contributed by atoms with Crippen molar-refractivity contribution >= 4 is 11.9 Å².